The predicted octanol–water partition coefficient (Wildman–Crippen LogP) is -0.559. The molecule has 2 aromatic carbocycles. The summed E-state index contributed by atoms with van der Waals surface area (Å²) in [4.78, 5) is 49.3. The zero-order valence-electron chi connectivity index (χ0n) is 19.9. The number of urea groups is 1. The van der Waals surface area contributed by atoms with Crippen molar-refractivity contribution in [1.29, 1.82) is 0 Å². The van der Waals surface area contributed by atoms with Gasteiger partial charge in [0.05, 0.1) is 12.5 Å². The van der Waals surface area contributed by atoms with Crippen LogP contribution in [-0.2, 0) is 20.8 Å². The molecule has 0 fully saturated rings. The Bertz CT molecular complexity index is 1070. The summed E-state index contributed by atoms with van der Waals surface area (Å²) in [5.41, 5.74) is 3.86. The fourth-order valence-corrected chi connectivity index (χ4v) is 3.43. The number of nitrogens with zero attached hydrogens (tertiary/aromatic N) is 1. The molecule has 0 bridgehead atoms. The van der Waals surface area contributed by atoms with Crippen LogP contribution in [0.15, 0.2) is 60.8 Å². The van der Waals surface area contributed by atoms with Crippen LogP contribution in [0.5, 0.6) is 0 Å². The van der Waals surface area contributed by atoms with E-state index in [9.17, 15) is 24.3 Å². The standard InChI is InChI=1S/C24H25N3O5.Na.H/c1-15-6-8-16(9-7-15)12-17-4-3-5-18(13-17)19(14-21(29)30)25-24(32)26-22-20(28)10-11-27(2)23(22)31;;/h3-11,13,19,22H,12,14H2,1-2H3,(H,29,30)(H2,25,26,32);;/q;+1;-1. The van der Waals surface area contributed by atoms with Crippen LogP contribution in [0.25, 0.3) is 0 Å². The third kappa shape index (κ3) is 7.28. The minimum atomic E-state index is -1.34. The number of ketones is 1. The molecular formula is C24H26N3NaO5. The molecule has 2 atom stereocenters. The van der Waals surface area contributed by atoms with Crippen molar-refractivity contribution >= 4 is 23.7 Å². The maximum Gasteiger partial charge on any atom is 1.00 e. The normalized spacial score (nSPS) is 16.1. The summed E-state index contributed by atoms with van der Waals surface area (Å²) in [5, 5.41) is 14.3. The first-order valence-corrected chi connectivity index (χ1v) is 10.1. The van der Waals surface area contributed by atoms with E-state index in [1.54, 1.807) is 12.1 Å². The Morgan fingerprint density at radius 2 is 1.82 bits per heavy atom. The van der Waals surface area contributed by atoms with E-state index in [1.165, 1.54) is 24.2 Å². The second-order valence-corrected chi connectivity index (χ2v) is 7.78. The molecular weight excluding hydrogens is 433 g/mol. The molecule has 168 valence electrons. The van der Waals surface area contributed by atoms with Crippen LogP contribution in [0.2, 0.25) is 0 Å². The average molecular weight is 459 g/mol. The van der Waals surface area contributed by atoms with E-state index in [-0.39, 0.29) is 37.4 Å². The van der Waals surface area contributed by atoms with Gasteiger partial charge in [-0.05, 0) is 30.0 Å². The Morgan fingerprint density at radius 3 is 2.48 bits per heavy atom. The monoisotopic (exact) mass is 459 g/mol. The third-order valence-electron chi connectivity index (χ3n) is 5.18. The first kappa shape index (κ1) is 26.3. The summed E-state index contributed by atoms with van der Waals surface area (Å²) in [5.74, 6) is -2.20. The van der Waals surface area contributed by atoms with Gasteiger partial charge in [-0.25, -0.2) is 4.79 Å². The fourth-order valence-electron chi connectivity index (χ4n) is 3.43. The van der Waals surface area contributed by atoms with Crippen molar-refractivity contribution in [3.05, 3.63) is 83.1 Å². The maximum atomic E-state index is 12.5. The van der Waals surface area contributed by atoms with Crippen molar-refractivity contribution in [2.45, 2.75) is 31.8 Å². The molecule has 1 aliphatic rings. The molecule has 8 nitrogen and oxygen atoms in total. The Hall–Kier alpha value is -2.94. The van der Waals surface area contributed by atoms with E-state index in [2.05, 4.69) is 10.6 Å². The fraction of sp³-hybridized carbons (Fsp3) is 0.250. The van der Waals surface area contributed by atoms with Crippen LogP contribution >= 0.6 is 0 Å². The molecule has 2 aromatic rings. The molecule has 3 rings (SSSR count). The van der Waals surface area contributed by atoms with Gasteiger partial charge >= 0.3 is 41.6 Å². The summed E-state index contributed by atoms with van der Waals surface area (Å²) in [6.45, 7) is 2.01. The molecule has 0 aromatic heterocycles. The molecule has 0 radical (unpaired) electrons. The van der Waals surface area contributed by atoms with Crippen LogP contribution in [0.1, 0.15) is 36.1 Å². The number of carbonyl (C=O) groups excluding carboxylic acids is 3. The van der Waals surface area contributed by atoms with Crippen molar-refractivity contribution in [1.82, 2.24) is 15.5 Å². The number of hydrogen-bond acceptors (Lipinski definition) is 4. The van der Waals surface area contributed by atoms with Gasteiger partial charge in [-0.2, -0.15) is 0 Å². The van der Waals surface area contributed by atoms with Crippen molar-refractivity contribution in [2.75, 3.05) is 7.05 Å². The zero-order chi connectivity index (χ0) is 23.3. The number of nitrogens with one attached hydrogen (secondary N) is 2. The van der Waals surface area contributed by atoms with Crippen molar-refractivity contribution in [2.24, 2.45) is 0 Å². The summed E-state index contributed by atoms with van der Waals surface area (Å²) < 4.78 is 0. The van der Waals surface area contributed by atoms with Gasteiger partial charge in [0.15, 0.2) is 11.8 Å². The number of carboxylic acid groups (broad SMARTS) is 1. The summed E-state index contributed by atoms with van der Waals surface area (Å²) in [6.07, 6.45) is 2.83. The average Bonchev–Trinajstić information content (AvgIpc) is 2.75. The van der Waals surface area contributed by atoms with Gasteiger partial charge in [-0.1, -0.05) is 54.1 Å². The predicted molar refractivity (Wildman–Crippen MR) is 119 cm³/mol. The minimum absolute atomic E-state index is 0. The SMILES string of the molecule is Cc1ccc(Cc2cccc(C(CC(=O)O)NC(=O)NC3C(=O)C=CN(C)C3=O)c2)cc1.[H-].[Na+]. The summed E-state index contributed by atoms with van der Waals surface area (Å²) in [7, 11) is 1.48. The smallest absolute Gasteiger partial charge is 1.00 e. The molecule has 2 unspecified atom stereocenters. The van der Waals surface area contributed by atoms with E-state index in [0.717, 1.165) is 16.7 Å². The van der Waals surface area contributed by atoms with E-state index in [1.807, 2.05) is 43.3 Å². The number of likely N-dealkylation sites (N-methyl/N-ethyl adjacent to an activating group) is 1. The first-order valence-electron chi connectivity index (χ1n) is 10.1. The van der Waals surface area contributed by atoms with Crippen molar-refractivity contribution < 1.29 is 55.3 Å². The molecule has 0 spiro atoms. The number of carboxylic acids is 1. The molecule has 0 saturated carbocycles. The molecule has 0 saturated heterocycles. The van der Waals surface area contributed by atoms with E-state index in [0.29, 0.717) is 12.0 Å². The number of benzene rings is 2. The summed E-state index contributed by atoms with van der Waals surface area (Å²) in [6, 6.07) is 12.5. The molecule has 9 heteroatoms. The molecule has 0 aliphatic carbocycles. The topological polar surface area (TPSA) is 116 Å². The third-order valence-corrected chi connectivity index (χ3v) is 5.18. The molecule has 3 amide bonds. The Labute approximate surface area is 215 Å². The van der Waals surface area contributed by atoms with Crippen LogP contribution in [0.4, 0.5) is 4.79 Å². The quantitative estimate of drug-likeness (QED) is 0.379. The Morgan fingerprint density at radius 1 is 1.12 bits per heavy atom. The number of carbonyl (C=O) groups is 4. The number of hydrogen-bond donors (Lipinski definition) is 3. The second kappa shape index (κ2) is 11.8. The van der Waals surface area contributed by atoms with Crippen molar-refractivity contribution in [3.8, 4) is 0 Å². The maximum absolute atomic E-state index is 12.5. The number of aliphatic carboxylic acids is 1. The molecule has 1 heterocycles. The Kier molecular flexibility index (Phi) is 9.40. The van der Waals surface area contributed by atoms with E-state index < -0.39 is 35.8 Å². The van der Waals surface area contributed by atoms with Crippen LogP contribution < -0.4 is 40.2 Å². The van der Waals surface area contributed by atoms with Gasteiger partial charge in [-0.3, -0.25) is 14.4 Å². The largest absolute Gasteiger partial charge is 1.00 e. The van der Waals surface area contributed by atoms with Gasteiger partial charge in [0.25, 0.3) is 5.91 Å². The number of rotatable bonds is 7. The van der Waals surface area contributed by atoms with Gasteiger partial charge in [0.1, 0.15) is 0 Å². The second-order valence-electron chi connectivity index (χ2n) is 7.78. The summed E-state index contributed by atoms with van der Waals surface area (Å²) >= 11 is 0. The zero-order valence-corrected chi connectivity index (χ0v) is 20.9. The van der Waals surface area contributed by atoms with Crippen molar-refractivity contribution in [3.63, 3.8) is 0 Å². The van der Waals surface area contributed by atoms with Gasteiger partial charge in [0, 0.05) is 19.3 Å². The van der Waals surface area contributed by atoms with Crippen LogP contribution in [-0.4, -0.2) is 46.8 Å². The number of aryl methyl sites for hydroxylation is 1. The van der Waals surface area contributed by atoms with E-state index >= 15 is 0 Å². The molecule has 3 N–H and O–H groups in total. The number of amides is 3. The van der Waals surface area contributed by atoms with Gasteiger partial charge in [-0.15, -0.1) is 0 Å². The first-order chi connectivity index (χ1) is 15.2. The van der Waals surface area contributed by atoms with Crippen LogP contribution in [0.3, 0.4) is 0 Å². The minimum Gasteiger partial charge on any atom is -1.00 e. The Balaban J connectivity index is 0.00000289. The van der Waals surface area contributed by atoms with Gasteiger partial charge in [0.2, 0.25) is 0 Å². The molecule has 1 aliphatic heterocycles. The van der Waals surface area contributed by atoms with E-state index in [4.69, 9.17) is 0 Å². The molecule has 33 heavy (non-hydrogen) atoms. The van der Waals surface area contributed by atoms with Crippen LogP contribution in [0, 0.1) is 6.92 Å². The van der Waals surface area contributed by atoms with Gasteiger partial charge < -0.3 is 22.1 Å².